The lowest BCUT2D eigenvalue weighted by molar-refractivity contribution is -0.115. The number of hydrogen-bond acceptors (Lipinski definition) is 4. The zero-order valence-electron chi connectivity index (χ0n) is 17.7. The first-order chi connectivity index (χ1) is 14.4. The first-order valence-corrected chi connectivity index (χ1v) is 11.9. The van der Waals surface area contributed by atoms with Crippen LogP contribution in [0, 0.1) is 6.92 Å². The standard InChI is InChI=1S/C23H30N2O4S/c1-3-4-5-19-7-9-20(10-8-19)16-23(26)24-22-17-21(11-6-18(22)2)30(27,28)25-12-14-29-15-13-25/h6-11,17H,3-5,12-16H2,1-2H3,(H,24,26). The second kappa shape index (κ2) is 10.2. The van der Waals surface area contributed by atoms with Crippen molar-refractivity contribution in [2.75, 3.05) is 31.6 Å². The summed E-state index contributed by atoms with van der Waals surface area (Å²) in [5.74, 6) is -0.166. The second-order valence-corrected chi connectivity index (χ2v) is 9.58. The van der Waals surface area contributed by atoms with Crippen molar-refractivity contribution >= 4 is 21.6 Å². The van der Waals surface area contributed by atoms with E-state index in [0.717, 1.165) is 30.4 Å². The van der Waals surface area contributed by atoms with E-state index in [1.807, 2.05) is 19.1 Å². The molecule has 1 saturated heterocycles. The minimum absolute atomic E-state index is 0.166. The lowest BCUT2D eigenvalue weighted by Gasteiger charge is -2.26. The number of carbonyl (C=O) groups is 1. The summed E-state index contributed by atoms with van der Waals surface area (Å²) < 4.78 is 32.5. The van der Waals surface area contributed by atoms with Gasteiger partial charge >= 0.3 is 0 Å². The van der Waals surface area contributed by atoms with Gasteiger partial charge in [-0.3, -0.25) is 4.79 Å². The number of unbranched alkanes of at least 4 members (excludes halogenated alkanes) is 1. The molecule has 0 radical (unpaired) electrons. The van der Waals surface area contributed by atoms with Crippen molar-refractivity contribution in [1.82, 2.24) is 4.31 Å². The Morgan fingerprint density at radius 3 is 2.40 bits per heavy atom. The van der Waals surface area contributed by atoms with Crippen molar-refractivity contribution in [2.45, 2.75) is 44.4 Å². The van der Waals surface area contributed by atoms with Gasteiger partial charge in [-0.2, -0.15) is 4.31 Å². The fraction of sp³-hybridized carbons (Fsp3) is 0.435. The number of nitrogens with one attached hydrogen (secondary N) is 1. The van der Waals surface area contributed by atoms with E-state index in [1.54, 1.807) is 18.2 Å². The first-order valence-electron chi connectivity index (χ1n) is 10.5. The van der Waals surface area contributed by atoms with Crippen LogP contribution in [0.5, 0.6) is 0 Å². The molecule has 0 bridgehead atoms. The van der Waals surface area contributed by atoms with Gasteiger partial charge in [-0.1, -0.05) is 43.7 Å². The van der Waals surface area contributed by atoms with E-state index in [4.69, 9.17) is 4.74 Å². The summed E-state index contributed by atoms with van der Waals surface area (Å²) in [6, 6.07) is 13.0. The fourth-order valence-electron chi connectivity index (χ4n) is 3.42. The quantitative estimate of drug-likeness (QED) is 0.695. The van der Waals surface area contributed by atoms with Crippen LogP contribution in [-0.4, -0.2) is 44.9 Å². The lowest BCUT2D eigenvalue weighted by atomic mass is 10.0. The molecule has 1 amide bonds. The molecular weight excluding hydrogens is 400 g/mol. The summed E-state index contributed by atoms with van der Waals surface area (Å²) in [6.07, 6.45) is 3.60. The minimum Gasteiger partial charge on any atom is -0.379 e. The van der Waals surface area contributed by atoms with Crippen molar-refractivity contribution in [3.63, 3.8) is 0 Å². The van der Waals surface area contributed by atoms with Crippen LogP contribution in [-0.2, 0) is 32.4 Å². The molecule has 1 aliphatic heterocycles. The molecule has 0 aliphatic carbocycles. The van der Waals surface area contributed by atoms with Crippen molar-refractivity contribution < 1.29 is 17.9 Å². The Labute approximate surface area is 179 Å². The van der Waals surface area contributed by atoms with Gasteiger partial charge in [0.1, 0.15) is 0 Å². The summed E-state index contributed by atoms with van der Waals surface area (Å²) in [7, 11) is -3.61. The Morgan fingerprint density at radius 2 is 1.73 bits per heavy atom. The number of rotatable bonds is 8. The number of ether oxygens (including phenoxy) is 1. The van der Waals surface area contributed by atoms with Crippen LogP contribution in [0.4, 0.5) is 5.69 Å². The van der Waals surface area contributed by atoms with Crippen molar-refractivity contribution in [1.29, 1.82) is 0 Å². The molecule has 6 nitrogen and oxygen atoms in total. The number of nitrogens with zero attached hydrogens (tertiary/aromatic N) is 1. The second-order valence-electron chi connectivity index (χ2n) is 7.64. The average molecular weight is 431 g/mol. The number of carbonyl (C=O) groups excluding carboxylic acids is 1. The monoisotopic (exact) mass is 430 g/mol. The van der Waals surface area contributed by atoms with Crippen LogP contribution in [0.2, 0.25) is 0 Å². The van der Waals surface area contributed by atoms with Gasteiger partial charge in [0.05, 0.1) is 24.5 Å². The summed E-state index contributed by atoms with van der Waals surface area (Å²) in [5.41, 5.74) is 3.55. The molecule has 0 atom stereocenters. The van der Waals surface area contributed by atoms with Crippen molar-refractivity contribution in [3.8, 4) is 0 Å². The zero-order valence-corrected chi connectivity index (χ0v) is 18.5. The number of sulfonamides is 1. The van der Waals surface area contributed by atoms with E-state index in [1.165, 1.54) is 9.87 Å². The van der Waals surface area contributed by atoms with Gasteiger partial charge in [0, 0.05) is 18.8 Å². The van der Waals surface area contributed by atoms with Gasteiger partial charge in [0.2, 0.25) is 15.9 Å². The predicted molar refractivity (Wildman–Crippen MR) is 118 cm³/mol. The highest BCUT2D eigenvalue weighted by Crippen LogP contribution is 2.24. The van der Waals surface area contributed by atoms with Crippen molar-refractivity contribution in [2.24, 2.45) is 0 Å². The minimum atomic E-state index is -3.61. The van der Waals surface area contributed by atoms with Gasteiger partial charge in [-0.15, -0.1) is 0 Å². The summed E-state index contributed by atoms with van der Waals surface area (Å²) in [5, 5.41) is 2.88. The molecule has 7 heteroatoms. The Bertz CT molecular complexity index is 965. The Balaban J connectivity index is 1.68. The Kier molecular flexibility index (Phi) is 7.64. The van der Waals surface area contributed by atoms with Gasteiger partial charge in [-0.05, 0) is 48.6 Å². The van der Waals surface area contributed by atoms with Crippen LogP contribution in [0.15, 0.2) is 47.4 Å². The molecule has 3 rings (SSSR count). The molecule has 1 fully saturated rings. The Morgan fingerprint density at radius 1 is 1.07 bits per heavy atom. The molecule has 30 heavy (non-hydrogen) atoms. The van der Waals surface area contributed by atoms with Gasteiger partial charge in [0.15, 0.2) is 0 Å². The maximum atomic E-state index is 12.9. The third-order valence-corrected chi connectivity index (χ3v) is 7.19. The first kappa shape index (κ1) is 22.5. The molecule has 0 spiro atoms. The number of aryl methyl sites for hydroxylation is 2. The number of amides is 1. The SMILES string of the molecule is CCCCc1ccc(CC(=O)Nc2cc(S(=O)(=O)N3CCOCC3)ccc2C)cc1. The van der Waals surface area contributed by atoms with E-state index in [9.17, 15) is 13.2 Å². The molecule has 1 N–H and O–H groups in total. The molecule has 2 aromatic carbocycles. The van der Waals surface area contributed by atoms with Crippen LogP contribution in [0.3, 0.4) is 0 Å². The summed E-state index contributed by atoms with van der Waals surface area (Å²) in [4.78, 5) is 12.8. The molecule has 1 aliphatic rings. The van der Waals surface area contributed by atoms with E-state index >= 15 is 0 Å². The zero-order chi connectivity index (χ0) is 21.6. The topological polar surface area (TPSA) is 75.7 Å². The Hall–Kier alpha value is -2.22. The smallest absolute Gasteiger partial charge is 0.243 e. The summed E-state index contributed by atoms with van der Waals surface area (Å²) >= 11 is 0. The number of morpholine rings is 1. The van der Waals surface area contributed by atoms with E-state index < -0.39 is 10.0 Å². The van der Waals surface area contributed by atoms with Crippen LogP contribution >= 0.6 is 0 Å². The molecule has 2 aromatic rings. The highest BCUT2D eigenvalue weighted by Gasteiger charge is 2.26. The third kappa shape index (κ3) is 5.68. The number of benzene rings is 2. The molecular formula is C23H30N2O4S. The fourth-order valence-corrected chi connectivity index (χ4v) is 4.85. The highest BCUT2D eigenvalue weighted by atomic mass is 32.2. The molecule has 0 saturated carbocycles. The lowest BCUT2D eigenvalue weighted by Crippen LogP contribution is -2.40. The van der Waals surface area contributed by atoms with Crippen LogP contribution in [0.25, 0.3) is 0 Å². The van der Waals surface area contributed by atoms with Gasteiger partial charge < -0.3 is 10.1 Å². The maximum Gasteiger partial charge on any atom is 0.243 e. The average Bonchev–Trinajstić information content (AvgIpc) is 2.75. The van der Waals surface area contributed by atoms with Crippen LogP contribution in [0.1, 0.15) is 36.5 Å². The van der Waals surface area contributed by atoms with Crippen molar-refractivity contribution in [3.05, 3.63) is 59.2 Å². The maximum absolute atomic E-state index is 12.9. The normalized spacial score (nSPS) is 15.1. The van der Waals surface area contributed by atoms with E-state index in [2.05, 4.69) is 24.4 Å². The predicted octanol–water partition coefficient (Wildman–Crippen LogP) is 3.54. The highest BCUT2D eigenvalue weighted by molar-refractivity contribution is 7.89. The number of anilines is 1. The van der Waals surface area contributed by atoms with Crippen LogP contribution < -0.4 is 5.32 Å². The molecule has 0 unspecified atom stereocenters. The van der Waals surface area contributed by atoms with E-state index in [0.29, 0.717) is 32.0 Å². The molecule has 1 heterocycles. The van der Waals surface area contributed by atoms with E-state index in [-0.39, 0.29) is 17.2 Å². The summed E-state index contributed by atoms with van der Waals surface area (Å²) in [6.45, 7) is 5.49. The third-order valence-electron chi connectivity index (χ3n) is 5.30. The molecule has 162 valence electrons. The molecule has 0 aromatic heterocycles. The van der Waals surface area contributed by atoms with Gasteiger partial charge in [-0.25, -0.2) is 8.42 Å². The largest absolute Gasteiger partial charge is 0.379 e. The number of hydrogen-bond donors (Lipinski definition) is 1. The van der Waals surface area contributed by atoms with Gasteiger partial charge in [0.25, 0.3) is 0 Å².